The van der Waals surface area contributed by atoms with Gasteiger partial charge in [0.25, 0.3) is 5.91 Å². The number of rotatable bonds is 11. The van der Waals surface area contributed by atoms with E-state index in [1.54, 1.807) is 81.4 Å². The topological polar surface area (TPSA) is 160 Å². The van der Waals surface area contributed by atoms with Gasteiger partial charge in [0.1, 0.15) is 5.76 Å². The molecule has 1 aromatic heterocycles. The lowest BCUT2D eigenvalue weighted by atomic mass is 9.85. The number of allylic oxidation sites excluding steroid dienone is 2. The summed E-state index contributed by atoms with van der Waals surface area (Å²) in [6.07, 6.45) is 1.46. The van der Waals surface area contributed by atoms with Crippen molar-refractivity contribution in [2.75, 3.05) is 29.6 Å². The maximum Gasteiger partial charge on any atom is 0.338 e. The maximum atomic E-state index is 13.6. The molecule has 0 saturated heterocycles. The predicted octanol–water partition coefficient (Wildman–Crippen LogP) is 5.34. The van der Waals surface area contributed by atoms with Gasteiger partial charge in [-0.15, -0.1) is 0 Å². The van der Waals surface area contributed by atoms with Gasteiger partial charge in [-0.2, -0.15) is 5.26 Å². The molecule has 2 aromatic carbocycles. The number of dihydropyridines is 1. The minimum Gasteiger partial charge on any atom is -0.468 e. The fourth-order valence-corrected chi connectivity index (χ4v) is 5.30. The van der Waals surface area contributed by atoms with Gasteiger partial charge in [0, 0.05) is 17.1 Å². The molecule has 1 unspecified atom stereocenters. The molecule has 0 aliphatic carbocycles. The number of nitriles is 1. The lowest BCUT2D eigenvalue weighted by Gasteiger charge is -2.28. The molecule has 0 radical (unpaired) electrons. The summed E-state index contributed by atoms with van der Waals surface area (Å²) in [6, 6.07) is 18.1. The van der Waals surface area contributed by atoms with Crippen molar-refractivity contribution in [3.05, 3.63) is 106 Å². The van der Waals surface area contributed by atoms with Crippen LogP contribution in [0.25, 0.3) is 0 Å². The van der Waals surface area contributed by atoms with Crippen molar-refractivity contribution in [1.29, 1.82) is 5.26 Å². The van der Waals surface area contributed by atoms with Crippen LogP contribution in [0.5, 0.6) is 0 Å². The molecule has 226 valence electrons. The molecule has 1 aliphatic heterocycles. The maximum absolute atomic E-state index is 13.6. The van der Waals surface area contributed by atoms with E-state index in [4.69, 9.17) is 13.9 Å². The van der Waals surface area contributed by atoms with Crippen molar-refractivity contribution in [3.8, 4) is 6.07 Å². The Bertz CT molecular complexity index is 1640. The zero-order chi connectivity index (χ0) is 31.6. The molecule has 0 bridgehead atoms. The van der Waals surface area contributed by atoms with Crippen molar-refractivity contribution in [2.24, 2.45) is 0 Å². The van der Waals surface area contributed by atoms with E-state index >= 15 is 0 Å². The zero-order valence-electron chi connectivity index (χ0n) is 24.3. The summed E-state index contributed by atoms with van der Waals surface area (Å²) in [5.74, 6) is -2.22. The Morgan fingerprint density at radius 3 is 1.98 bits per heavy atom. The third-order valence-electron chi connectivity index (χ3n) is 6.40. The summed E-state index contributed by atoms with van der Waals surface area (Å²) in [6.45, 7) is 5.65. The normalized spacial score (nSPS) is 14.3. The number of nitrogens with one attached hydrogen (secondary N) is 3. The minimum atomic E-state index is -0.837. The van der Waals surface area contributed by atoms with E-state index in [1.807, 2.05) is 0 Å². The first-order chi connectivity index (χ1) is 21.2. The Balaban J connectivity index is 1.49. The third kappa shape index (κ3) is 7.56. The third-order valence-corrected chi connectivity index (χ3v) is 7.42. The number of ether oxygens (including phenoxy) is 2. The Morgan fingerprint density at radius 2 is 1.48 bits per heavy atom. The van der Waals surface area contributed by atoms with E-state index in [2.05, 4.69) is 22.0 Å². The van der Waals surface area contributed by atoms with E-state index in [9.17, 15) is 24.4 Å². The van der Waals surface area contributed by atoms with Crippen LogP contribution in [-0.2, 0) is 19.1 Å². The van der Waals surface area contributed by atoms with Gasteiger partial charge in [0.15, 0.2) is 0 Å². The molecule has 0 fully saturated rings. The standard InChI is InChI=1S/C32H30N4O7S/c1-4-41-31(39)20-8-12-22(13-9-20)35-26(37)18-44-30-24(17-33)28(25-7-6-16-43-25)27(19(3)34-30)29(38)36-23-14-10-21(11-15-23)32(40)42-5-2/h6-16,28,34H,4-5,18H2,1-3H3,(H,35,37)(H,36,38). The van der Waals surface area contributed by atoms with Gasteiger partial charge in [-0.1, -0.05) is 11.8 Å². The van der Waals surface area contributed by atoms with Crippen LogP contribution in [0.2, 0.25) is 0 Å². The van der Waals surface area contributed by atoms with Crippen LogP contribution >= 0.6 is 11.8 Å². The van der Waals surface area contributed by atoms with E-state index in [0.717, 1.165) is 11.8 Å². The molecule has 3 N–H and O–H groups in total. The SMILES string of the molecule is CCOC(=O)c1ccc(NC(=O)CSC2=C(C#N)C(c3ccco3)C(C(=O)Nc3ccc(C(=O)OCC)cc3)=C(C)N2)cc1. The van der Waals surface area contributed by atoms with Crippen molar-refractivity contribution >= 4 is 46.9 Å². The lowest BCUT2D eigenvalue weighted by molar-refractivity contribution is -0.114. The molecular formula is C32H30N4O7S. The Labute approximate surface area is 258 Å². The Hall–Kier alpha value is -5.28. The molecule has 1 aliphatic rings. The molecule has 12 heteroatoms. The lowest BCUT2D eigenvalue weighted by Crippen LogP contribution is -2.31. The molecule has 0 spiro atoms. The molecule has 2 amide bonds. The fourth-order valence-electron chi connectivity index (χ4n) is 4.41. The highest BCUT2D eigenvalue weighted by atomic mass is 32.2. The number of amides is 2. The number of benzene rings is 2. The van der Waals surface area contributed by atoms with E-state index in [1.165, 1.54) is 6.26 Å². The summed E-state index contributed by atoms with van der Waals surface area (Å²) in [5, 5.41) is 19.3. The fraction of sp³-hybridized carbons (Fsp3) is 0.219. The predicted molar refractivity (Wildman–Crippen MR) is 164 cm³/mol. The smallest absolute Gasteiger partial charge is 0.338 e. The van der Waals surface area contributed by atoms with Crippen molar-refractivity contribution < 1.29 is 33.1 Å². The average Bonchev–Trinajstić information content (AvgIpc) is 3.55. The Morgan fingerprint density at radius 1 is 0.909 bits per heavy atom. The van der Waals surface area contributed by atoms with Gasteiger partial charge in [0.05, 0.1) is 64.5 Å². The van der Waals surface area contributed by atoms with Crippen LogP contribution in [0.4, 0.5) is 11.4 Å². The molecule has 3 aromatic rings. The monoisotopic (exact) mass is 614 g/mol. The summed E-state index contributed by atoms with van der Waals surface area (Å²) < 4.78 is 15.6. The molecule has 44 heavy (non-hydrogen) atoms. The number of carbonyl (C=O) groups excluding carboxylic acids is 4. The summed E-state index contributed by atoms with van der Waals surface area (Å²) >= 11 is 1.11. The quantitative estimate of drug-likeness (QED) is 0.241. The molecule has 0 saturated carbocycles. The van der Waals surface area contributed by atoms with Gasteiger partial charge in [-0.05, 0) is 81.4 Å². The highest BCUT2D eigenvalue weighted by Crippen LogP contribution is 2.41. The number of hydrogen-bond acceptors (Lipinski definition) is 10. The number of furan rings is 1. The van der Waals surface area contributed by atoms with Crippen LogP contribution in [0, 0.1) is 11.3 Å². The second-order valence-electron chi connectivity index (χ2n) is 9.35. The van der Waals surface area contributed by atoms with Gasteiger partial charge < -0.3 is 29.8 Å². The number of anilines is 2. The van der Waals surface area contributed by atoms with Crippen LogP contribution in [0.15, 0.2) is 93.2 Å². The van der Waals surface area contributed by atoms with Crippen molar-refractivity contribution in [2.45, 2.75) is 26.7 Å². The van der Waals surface area contributed by atoms with Gasteiger partial charge >= 0.3 is 11.9 Å². The number of esters is 2. The van der Waals surface area contributed by atoms with Crippen LogP contribution in [0.3, 0.4) is 0 Å². The van der Waals surface area contributed by atoms with E-state index in [-0.39, 0.29) is 36.0 Å². The van der Waals surface area contributed by atoms with Gasteiger partial charge in [0.2, 0.25) is 5.91 Å². The van der Waals surface area contributed by atoms with Crippen LogP contribution in [0.1, 0.15) is 53.2 Å². The number of hydrogen-bond donors (Lipinski definition) is 3. The Kier molecular flexibility index (Phi) is 10.6. The molecule has 2 heterocycles. The summed E-state index contributed by atoms with van der Waals surface area (Å²) in [7, 11) is 0. The van der Waals surface area contributed by atoms with Crippen molar-refractivity contribution in [1.82, 2.24) is 5.32 Å². The highest BCUT2D eigenvalue weighted by Gasteiger charge is 2.36. The van der Waals surface area contributed by atoms with Gasteiger partial charge in [-0.25, -0.2) is 9.59 Å². The second kappa shape index (κ2) is 14.8. The first kappa shape index (κ1) is 31.7. The largest absolute Gasteiger partial charge is 0.468 e. The molecule has 1 atom stereocenters. The van der Waals surface area contributed by atoms with Gasteiger partial charge in [-0.3, -0.25) is 9.59 Å². The molecule has 4 rings (SSSR count). The van der Waals surface area contributed by atoms with Crippen molar-refractivity contribution in [3.63, 3.8) is 0 Å². The van der Waals surface area contributed by atoms with E-state index < -0.39 is 23.8 Å². The summed E-state index contributed by atoms with van der Waals surface area (Å²) in [5.41, 5.74) is 2.61. The first-order valence-electron chi connectivity index (χ1n) is 13.7. The first-order valence-corrected chi connectivity index (χ1v) is 14.7. The number of thioether (sulfide) groups is 1. The highest BCUT2D eigenvalue weighted by molar-refractivity contribution is 8.03. The zero-order valence-corrected chi connectivity index (χ0v) is 25.1. The van der Waals surface area contributed by atoms with E-state index in [0.29, 0.717) is 39.0 Å². The molecule has 11 nitrogen and oxygen atoms in total. The van der Waals surface area contributed by atoms with Crippen LogP contribution in [-0.4, -0.2) is 42.7 Å². The number of nitrogens with zero attached hydrogens (tertiary/aromatic N) is 1. The second-order valence-corrected chi connectivity index (χ2v) is 10.3. The average molecular weight is 615 g/mol. The minimum absolute atomic E-state index is 0.0420. The molecular weight excluding hydrogens is 584 g/mol. The number of carbonyl (C=O) groups is 4. The summed E-state index contributed by atoms with van der Waals surface area (Å²) in [4.78, 5) is 50.2. The van der Waals surface area contributed by atoms with Crippen LogP contribution < -0.4 is 16.0 Å².